The van der Waals surface area contributed by atoms with E-state index in [1.165, 1.54) is 12.8 Å². The number of rotatable bonds is 7. The van der Waals surface area contributed by atoms with Crippen LogP contribution in [0.3, 0.4) is 0 Å². The minimum atomic E-state index is -0.321. The average molecular weight is 422 g/mol. The summed E-state index contributed by atoms with van der Waals surface area (Å²) in [5.41, 5.74) is 3.15. The molecule has 2 atom stereocenters. The molecule has 6 heteroatoms. The first-order chi connectivity index (χ1) is 15.0. The summed E-state index contributed by atoms with van der Waals surface area (Å²) in [4.78, 5) is 29.6. The third-order valence-corrected chi connectivity index (χ3v) is 6.37. The van der Waals surface area contributed by atoms with Crippen LogP contribution in [0.25, 0.3) is 0 Å². The molecular formula is C25H31N3O3. The van der Waals surface area contributed by atoms with Gasteiger partial charge in [-0.3, -0.25) is 14.5 Å². The number of nitrogens with one attached hydrogen (secondary N) is 1. The van der Waals surface area contributed by atoms with Gasteiger partial charge in [-0.05, 0) is 62.7 Å². The van der Waals surface area contributed by atoms with Crippen molar-refractivity contribution in [3.8, 4) is 5.75 Å². The van der Waals surface area contributed by atoms with E-state index >= 15 is 0 Å². The molecule has 2 aliphatic rings. The van der Waals surface area contributed by atoms with Crippen LogP contribution in [0.1, 0.15) is 36.4 Å². The lowest BCUT2D eigenvalue weighted by Gasteiger charge is -2.29. The van der Waals surface area contributed by atoms with E-state index in [9.17, 15) is 9.59 Å². The van der Waals surface area contributed by atoms with E-state index in [1.807, 2.05) is 49.4 Å². The summed E-state index contributed by atoms with van der Waals surface area (Å²) >= 11 is 0. The van der Waals surface area contributed by atoms with Crippen molar-refractivity contribution in [2.45, 2.75) is 32.2 Å². The Balaban J connectivity index is 1.41. The number of carbonyl (C=O) groups excluding carboxylic acids is 2. The summed E-state index contributed by atoms with van der Waals surface area (Å²) in [7, 11) is 1.67. The van der Waals surface area contributed by atoms with Crippen LogP contribution in [0.2, 0.25) is 0 Å². The predicted molar refractivity (Wildman–Crippen MR) is 121 cm³/mol. The quantitative estimate of drug-likeness (QED) is 0.745. The van der Waals surface area contributed by atoms with Gasteiger partial charge in [0.15, 0.2) is 0 Å². The first kappa shape index (κ1) is 21.4. The molecule has 2 aromatic rings. The largest absolute Gasteiger partial charge is 0.497 e. The van der Waals surface area contributed by atoms with Crippen molar-refractivity contribution in [2.24, 2.45) is 5.92 Å². The van der Waals surface area contributed by atoms with Crippen molar-refractivity contribution in [2.75, 3.05) is 38.2 Å². The Morgan fingerprint density at radius 1 is 1.16 bits per heavy atom. The molecule has 31 heavy (non-hydrogen) atoms. The lowest BCUT2D eigenvalue weighted by atomic mass is 10.0. The molecule has 4 rings (SSSR count). The summed E-state index contributed by atoms with van der Waals surface area (Å²) in [5, 5.41) is 3.14. The molecule has 0 spiro atoms. The summed E-state index contributed by atoms with van der Waals surface area (Å²) in [6, 6.07) is 16.0. The van der Waals surface area contributed by atoms with Crippen LogP contribution in [-0.2, 0) is 9.59 Å². The van der Waals surface area contributed by atoms with Gasteiger partial charge >= 0.3 is 0 Å². The van der Waals surface area contributed by atoms with Gasteiger partial charge in [-0.2, -0.15) is 0 Å². The number of nitrogens with zero attached hydrogens (tertiary/aromatic N) is 2. The molecule has 0 unspecified atom stereocenters. The van der Waals surface area contributed by atoms with Crippen LogP contribution in [0.5, 0.6) is 5.75 Å². The highest BCUT2D eigenvalue weighted by molar-refractivity contribution is 6.00. The van der Waals surface area contributed by atoms with E-state index in [1.54, 1.807) is 12.0 Å². The zero-order chi connectivity index (χ0) is 21.8. The number of methoxy groups -OCH3 is 1. The number of amides is 2. The topological polar surface area (TPSA) is 61.9 Å². The SMILES string of the molecule is COc1cccc([C@H](CNC(=O)[C@@H]2CC(=O)N(c3ccc(C)cc3)C2)N2CCCC2)c1. The summed E-state index contributed by atoms with van der Waals surface area (Å²) in [6.07, 6.45) is 2.61. The van der Waals surface area contributed by atoms with E-state index in [0.29, 0.717) is 13.1 Å². The molecule has 0 saturated carbocycles. The number of aryl methyl sites for hydroxylation is 1. The molecule has 6 nitrogen and oxygen atoms in total. The molecule has 2 amide bonds. The van der Waals surface area contributed by atoms with Gasteiger partial charge in [-0.15, -0.1) is 0 Å². The Bertz CT molecular complexity index is 922. The van der Waals surface area contributed by atoms with Crippen LogP contribution in [0.4, 0.5) is 5.69 Å². The number of anilines is 1. The minimum absolute atomic E-state index is 0.00731. The van der Waals surface area contributed by atoms with Crippen molar-refractivity contribution in [3.63, 3.8) is 0 Å². The second-order valence-electron chi connectivity index (χ2n) is 8.52. The number of likely N-dealkylation sites (tertiary alicyclic amines) is 1. The minimum Gasteiger partial charge on any atom is -0.497 e. The highest BCUT2D eigenvalue weighted by atomic mass is 16.5. The van der Waals surface area contributed by atoms with Gasteiger partial charge in [0.05, 0.1) is 19.1 Å². The molecule has 164 valence electrons. The van der Waals surface area contributed by atoms with Gasteiger partial charge < -0.3 is 15.0 Å². The smallest absolute Gasteiger partial charge is 0.227 e. The molecule has 2 saturated heterocycles. The molecule has 2 heterocycles. The van der Waals surface area contributed by atoms with E-state index < -0.39 is 0 Å². The zero-order valence-electron chi connectivity index (χ0n) is 18.3. The third-order valence-electron chi connectivity index (χ3n) is 6.37. The fraction of sp³-hybridized carbons (Fsp3) is 0.440. The Labute approximate surface area is 184 Å². The fourth-order valence-corrected chi connectivity index (χ4v) is 4.56. The first-order valence-electron chi connectivity index (χ1n) is 11.1. The summed E-state index contributed by atoms with van der Waals surface area (Å²) < 4.78 is 5.40. The number of hydrogen-bond donors (Lipinski definition) is 1. The molecule has 0 aliphatic carbocycles. The predicted octanol–water partition coefficient (Wildman–Crippen LogP) is 3.31. The number of benzene rings is 2. The van der Waals surface area contributed by atoms with Crippen LogP contribution in [-0.4, -0.2) is 50.0 Å². The highest BCUT2D eigenvalue weighted by Gasteiger charge is 2.35. The maximum atomic E-state index is 13.0. The van der Waals surface area contributed by atoms with Crippen LogP contribution >= 0.6 is 0 Å². The lowest BCUT2D eigenvalue weighted by Crippen LogP contribution is -2.40. The third kappa shape index (κ3) is 4.90. The van der Waals surface area contributed by atoms with Crippen molar-refractivity contribution in [3.05, 3.63) is 59.7 Å². The van der Waals surface area contributed by atoms with Crippen molar-refractivity contribution in [1.29, 1.82) is 0 Å². The van der Waals surface area contributed by atoms with E-state index in [4.69, 9.17) is 4.74 Å². The summed E-state index contributed by atoms with van der Waals surface area (Å²) in [5.74, 6) is 0.462. The van der Waals surface area contributed by atoms with Crippen LogP contribution in [0.15, 0.2) is 48.5 Å². The molecule has 1 N–H and O–H groups in total. The molecule has 2 fully saturated rings. The molecule has 2 aliphatic heterocycles. The molecular weight excluding hydrogens is 390 g/mol. The second kappa shape index (κ2) is 9.52. The van der Waals surface area contributed by atoms with Crippen molar-refractivity contribution >= 4 is 17.5 Å². The number of ether oxygens (including phenoxy) is 1. The van der Waals surface area contributed by atoms with Gasteiger partial charge in [-0.1, -0.05) is 29.8 Å². The number of hydrogen-bond acceptors (Lipinski definition) is 4. The van der Waals surface area contributed by atoms with Gasteiger partial charge in [0.1, 0.15) is 5.75 Å². The Morgan fingerprint density at radius 3 is 2.61 bits per heavy atom. The summed E-state index contributed by atoms with van der Waals surface area (Å²) in [6.45, 7) is 5.04. The van der Waals surface area contributed by atoms with Gasteiger partial charge in [0.25, 0.3) is 0 Å². The standard InChI is InChI=1S/C25H31N3O3/c1-18-8-10-21(11-9-18)28-17-20(15-24(28)29)25(30)26-16-23(27-12-3-4-13-27)19-6-5-7-22(14-19)31-2/h5-11,14,20,23H,3-4,12-13,15-17H2,1-2H3,(H,26,30)/t20-,23+/m1/s1. The average Bonchev–Trinajstić information content (AvgIpc) is 3.45. The van der Waals surface area contributed by atoms with Crippen LogP contribution in [0, 0.1) is 12.8 Å². The fourth-order valence-electron chi connectivity index (χ4n) is 4.56. The van der Waals surface area contributed by atoms with Crippen molar-refractivity contribution < 1.29 is 14.3 Å². The van der Waals surface area contributed by atoms with E-state index in [-0.39, 0.29) is 30.2 Å². The number of carbonyl (C=O) groups is 2. The molecule has 0 aromatic heterocycles. The Kier molecular flexibility index (Phi) is 6.56. The Morgan fingerprint density at radius 2 is 1.90 bits per heavy atom. The van der Waals surface area contributed by atoms with Gasteiger partial charge in [0.2, 0.25) is 11.8 Å². The Hall–Kier alpha value is -2.86. The first-order valence-corrected chi connectivity index (χ1v) is 11.1. The van der Waals surface area contributed by atoms with Gasteiger partial charge in [0, 0.05) is 25.2 Å². The van der Waals surface area contributed by atoms with Crippen molar-refractivity contribution in [1.82, 2.24) is 10.2 Å². The molecule has 2 aromatic carbocycles. The molecule has 0 bridgehead atoms. The zero-order valence-corrected chi connectivity index (χ0v) is 18.3. The molecule has 0 radical (unpaired) electrons. The van der Waals surface area contributed by atoms with Gasteiger partial charge in [-0.25, -0.2) is 0 Å². The monoisotopic (exact) mass is 421 g/mol. The maximum Gasteiger partial charge on any atom is 0.227 e. The van der Waals surface area contributed by atoms with E-state index in [0.717, 1.165) is 35.7 Å². The highest BCUT2D eigenvalue weighted by Crippen LogP contribution is 2.28. The second-order valence-corrected chi connectivity index (χ2v) is 8.52. The van der Waals surface area contributed by atoms with Crippen LogP contribution < -0.4 is 15.0 Å². The normalized spacial score (nSPS) is 20.1. The van der Waals surface area contributed by atoms with E-state index in [2.05, 4.69) is 16.3 Å². The lowest BCUT2D eigenvalue weighted by molar-refractivity contribution is -0.126. The maximum absolute atomic E-state index is 13.0.